The lowest BCUT2D eigenvalue weighted by Crippen LogP contribution is -2.05. The molecule has 0 aliphatic rings. The van der Waals surface area contributed by atoms with Gasteiger partial charge in [0.2, 0.25) is 0 Å². The summed E-state index contributed by atoms with van der Waals surface area (Å²) in [7, 11) is 0. The number of hydrogen-bond donors (Lipinski definition) is 1. The van der Waals surface area contributed by atoms with E-state index in [4.69, 9.17) is 9.84 Å². The first-order valence-corrected chi connectivity index (χ1v) is 7.39. The molecule has 6 nitrogen and oxygen atoms in total. The first-order chi connectivity index (χ1) is 10.6. The lowest BCUT2D eigenvalue weighted by molar-refractivity contribution is -0.136. The fourth-order valence-corrected chi connectivity index (χ4v) is 2.42. The third-order valence-corrected chi connectivity index (χ3v) is 3.53. The maximum absolute atomic E-state index is 11.7. The molecule has 0 aromatic carbocycles. The van der Waals surface area contributed by atoms with Crippen molar-refractivity contribution in [2.45, 2.75) is 12.8 Å². The number of carbonyl (C=O) groups is 2. The number of hydrogen-bond acceptors (Lipinski definition) is 6. The van der Waals surface area contributed by atoms with Gasteiger partial charge in [-0.05, 0) is 12.1 Å². The van der Waals surface area contributed by atoms with Crippen LogP contribution in [-0.2, 0) is 16.0 Å². The lowest BCUT2D eigenvalue weighted by atomic mass is 10.2. The van der Waals surface area contributed by atoms with Crippen LogP contribution < -0.4 is 0 Å². The Morgan fingerprint density at radius 3 is 2.91 bits per heavy atom. The fourth-order valence-electron chi connectivity index (χ4n) is 1.67. The van der Waals surface area contributed by atoms with Crippen molar-refractivity contribution in [3.8, 4) is 10.7 Å². The van der Waals surface area contributed by atoms with Gasteiger partial charge in [0.25, 0.3) is 0 Å². The van der Waals surface area contributed by atoms with Gasteiger partial charge in [0.15, 0.2) is 5.69 Å². The quantitative estimate of drug-likeness (QED) is 0.623. The summed E-state index contributed by atoms with van der Waals surface area (Å²) in [5.74, 6) is -1.38. The minimum absolute atomic E-state index is 0.0213. The van der Waals surface area contributed by atoms with Crippen LogP contribution in [0.4, 0.5) is 0 Å². The summed E-state index contributed by atoms with van der Waals surface area (Å²) in [5.41, 5.74) is 1.50. The molecule has 2 rings (SSSR count). The third kappa shape index (κ3) is 4.23. The Hall–Kier alpha value is -2.54. The Bertz CT molecular complexity index is 696. The van der Waals surface area contributed by atoms with Crippen LogP contribution in [0.15, 0.2) is 36.2 Å². The van der Waals surface area contributed by atoms with Crippen LogP contribution in [0.25, 0.3) is 10.7 Å². The molecule has 0 saturated heterocycles. The molecule has 0 radical (unpaired) electrons. The molecule has 2 aromatic heterocycles. The molecular weight excluding hydrogens is 304 g/mol. The van der Waals surface area contributed by atoms with E-state index in [2.05, 4.69) is 16.5 Å². The standard InChI is InChI=1S/C15H14N2O4S/c1-2-8-21-15(20)12-9-22-14(17-12)11-5-3-4-10(16-11)6-7-13(18)19/h2-5,9H,1,6-8H2,(H,18,19). The van der Waals surface area contributed by atoms with Crippen LogP contribution in [-0.4, -0.2) is 33.6 Å². The first kappa shape index (κ1) is 15.8. The van der Waals surface area contributed by atoms with Crippen molar-refractivity contribution in [2.75, 3.05) is 6.61 Å². The number of nitrogens with zero attached hydrogens (tertiary/aromatic N) is 2. The van der Waals surface area contributed by atoms with Gasteiger partial charge >= 0.3 is 11.9 Å². The second kappa shape index (κ2) is 7.46. The van der Waals surface area contributed by atoms with E-state index in [1.807, 2.05) is 0 Å². The van der Waals surface area contributed by atoms with Crippen LogP contribution in [0.2, 0.25) is 0 Å². The average molecular weight is 318 g/mol. The van der Waals surface area contributed by atoms with Gasteiger partial charge in [-0.15, -0.1) is 11.3 Å². The molecule has 0 saturated carbocycles. The molecular formula is C15H14N2O4S. The average Bonchev–Trinajstić information content (AvgIpc) is 3.01. The number of ether oxygens (including phenoxy) is 1. The van der Waals surface area contributed by atoms with E-state index in [0.717, 1.165) is 0 Å². The molecule has 22 heavy (non-hydrogen) atoms. The second-order valence-electron chi connectivity index (χ2n) is 4.33. The number of carboxylic acids is 1. The van der Waals surface area contributed by atoms with Gasteiger partial charge in [0.1, 0.15) is 11.6 Å². The predicted octanol–water partition coefficient (Wildman–Crippen LogP) is 2.57. The zero-order valence-electron chi connectivity index (χ0n) is 11.7. The summed E-state index contributed by atoms with van der Waals surface area (Å²) in [4.78, 5) is 30.8. The van der Waals surface area contributed by atoms with Crippen LogP contribution in [0.3, 0.4) is 0 Å². The van der Waals surface area contributed by atoms with Gasteiger partial charge < -0.3 is 9.84 Å². The zero-order chi connectivity index (χ0) is 15.9. The van der Waals surface area contributed by atoms with Crippen molar-refractivity contribution < 1.29 is 19.4 Å². The number of aryl methyl sites for hydroxylation is 1. The SMILES string of the molecule is C=CCOC(=O)c1csc(-c2cccc(CCC(=O)O)n2)n1. The number of rotatable bonds is 7. The number of esters is 1. The highest BCUT2D eigenvalue weighted by atomic mass is 32.1. The number of aliphatic carboxylic acids is 1. The van der Waals surface area contributed by atoms with Gasteiger partial charge in [-0.1, -0.05) is 18.7 Å². The highest BCUT2D eigenvalue weighted by Crippen LogP contribution is 2.22. The third-order valence-electron chi connectivity index (χ3n) is 2.67. The van der Waals surface area contributed by atoms with E-state index in [-0.39, 0.29) is 18.7 Å². The van der Waals surface area contributed by atoms with Gasteiger partial charge in [0, 0.05) is 17.5 Å². The Kier molecular flexibility index (Phi) is 5.37. The molecule has 0 aliphatic carbocycles. The van der Waals surface area contributed by atoms with Crippen LogP contribution in [0.5, 0.6) is 0 Å². The molecule has 114 valence electrons. The minimum Gasteiger partial charge on any atom is -0.481 e. The monoisotopic (exact) mass is 318 g/mol. The van der Waals surface area contributed by atoms with Crippen LogP contribution >= 0.6 is 11.3 Å². The minimum atomic E-state index is -0.867. The maximum Gasteiger partial charge on any atom is 0.358 e. The van der Waals surface area contributed by atoms with Crippen LogP contribution in [0, 0.1) is 0 Å². The highest BCUT2D eigenvalue weighted by molar-refractivity contribution is 7.13. The van der Waals surface area contributed by atoms with Crippen molar-refractivity contribution in [1.82, 2.24) is 9.97 Å². The summed E-state index contributed by atoms with van der Waals surface area (Å²) in [6, 6.07) is 5.32. The van der Waals surface area contributed by atoms with E-state index < -0.39 is 11.9 Å². The topological polar surface area (TPSA) is 89.4 Å². The van der Waals surface area contributed by atoms with Gasteiger partial charge in [-0.25, -0.2) is 9.78 Å². The molecule has 0 amide bonds. The van der Waals surface area contributed by atoms with Gasteiger partial charge in [0.05, 0.1) is 12.1 Å². The van der Waals surface area contributed by atoms with E-state index in [1.165, 1.54) is 17.4 Å². The summed E-state index contributed by atoms with van der Waals surface area (Å²) >= 11 is 1.28. The molecule has 2 heterocycles. The van der Waals surface area contributed by atoms with Crippen molar-refractivity contribution in [1.29, 1.82) is 0 Å². The Labute approximate surface area is 131 Å². The maximum atomic E-state index is 11.7. The normalized spacial score (nSPS) is 10.2. The number of carbonyl (C=O) groups excluding carboxylic acids is 1. The largest absolute Gasteiger partial charge is 0.481 e. The van der Waals surface area contributed by atoms with Crippen molar-refractivity contribution in [3.05, 3.63) is 47.6 Å². The predicted molar refractivity (Wildman–Crippen MR) is 81.8 cm³/mol. The first-order valence-electron chi connectivity index (χ1n) is 6.52. The Morgan fingerprint density at radius 2 is 2.18 bits per heavy atom. The highest BCUT2D eigenvalue weighted by Gasteiger charge is 2.13. The van der Waals surface area contributed by atoms with Gasteiger partial charge in [-0.3, -0.25) is 9.78 Å². The fraction of sp³-hybridized carbons (Fsp3) is 0.200. The number of carboxylic acid groups (broad SMARTS) is 1. The summed E-state index contributed by atoms with van der Waals surface area (Å²) in [6.45, 7) is 3.61. The zero-order valence-corrected chi connectivity index (χ0v) is 12.5. The molecule has 0 bridgehead atoms. The van der Waals surface area contributed by atoms with Gasteiger partial charge in [-0.2, -0.15) is 0 Å². The molecule has 2 aromatic rings. The van der Waals surface area contributed by atoms with E-state index in [9.17, 15) is 9.59 Å². The smallest absolute Gasteiger partial charge is 0.358 e. The molecule has 0 unspecified atom stereocenters. The molecule has 7 heteroatoms. The second-order valence-corrected chi connectivity index (χ2v) is 5.19. The number of pyridine rings is 1. The summed E-state index contributed by atoms with van der Waals surface area (Å²) in [5, 5.41) is 10.9. The number of aromatic nitrogens is 2. The molecule has 0 fully saturated rings. The van der Waals surface area contributed by atoms with E-state index in [0.29, 0.717) is 22.8 Å². The molecule has 0 atom stereocenters. The van der Waals surface area contributed by atoms with Crippen LogP contribution in [0.1, 0.15) is 22.6 Å². The Morgan fingerprint density at radius 1 is 1.36 bits per heavy atom. The van der Waals surface area contributed by atoms with Crippen molar-refractivity contribution in [2.24, 2.45) is 0 Å². The summed E-state index contributed by atoms with van der Waals surface area (Å²) < 4.78 is 4.92. The van der Waals surface area contributed by atoms with E-state index in [1.54, 1.807) is 23.6 Å². The van der Waals surface area contributed by atoms with Crippen molar-refractivity contribution >= 4 is 23.3 Å². The molecule has 0 spiro atoms. The van der Waals surface area contributed by atoms with Crippen molar-refractivity contribution in [3.63, 3.8) is 0 Å². The Balaban J connectivity index is 2.13. The molecule has 1 N–H and O–H groups in total. The molecule has 0 aliphatic heterocycles. The number of thiazole rings is 1. The summed E-state index contributed by atoms with van der Waals surface area (Å²) in [6.07, 6.45) is 1.86. The lowest BCUT2D eigenvalue weighted by Gasteiger charge is -2.01. The van der Waals surface area contributed by atoms with E-state index >= 15 is 0 Å².